The van der Waals surface area contributed by atoms with Crippen LogP contribution in [-0.4, -0.2) is 23.3 Å². The highest BCUT2D eigenvalue weighted by molar-refractivity contribution is 7.80. The molecule has 0 aromatic heterocycles. The third kappa shape index (κ3) is 3.82. The first-order chi connectivity index (χ1) is 3.31. The van der Waals surface area contributed by atoms with Crippen molar-refractivity contribution in [2.24, 2.45) is 4.99 Å². The predicted molar refractivity (Wildman–Crippen MR) is 34.0 cm³/mol. The van der Waals surface area contributed by atoms with E-state index in [1.165, 1.54) is 0 Å². The number of aliphatic hydroxyl groups excluding tert-OH is 1. The van der Waals surface area contributed by atoms with Gasteiger partial charge in [0.2, 0.25) is 0 Å². The van der Waals surface area contributed by atoms with Crippen LogP contribution in [0.5, 0.6) is 0 Å². The van der Waals surface area contributed by atoms with E-state index < -0.39 is 0 Å². The fourth-order valence-corrected chi connectivity index (χ4v) is 0.412. The van der Waals surface area contributed by atoms with Crippen molar-refractivity contribution in [2.75, 3.05) is 12.5 Å². The van der Waals surface area contributed by atoms with E-state index in [1.807, 2.05) is 0 Å². The maximum Gasteiger partial charge on any atom is 0.0815 e. The highest BCUT2D eigenvalue weighted by atomic mass is 32.1. The Morgan fingerprint density at radius 2 is 2.43 bits per heavy atom. The van der Waals surface area contributed by atoms with Crippen LogP contribution >= 0.6 is 12.6 Å². The quantitative estimate of drug-likeness (QED) is 0.398. The summed E-state index contributed by atoms with van der Waals surface area (Å²) in [7, 11) is 0. The number of rotatable bonds is 2. The fraction of sp³-hybridized carbons (Fsp3) is 0.750. The summed E-state index contributed by atoms with van der Waals surface area (Å²) in [6.07, 6.45) is 0. The van der Waals surface area contributed by atoms with Gasteiger partial charge in [0.1, 0.15) is 0 Å². The van der Waals surface area contributed by atoms with Gasteiger partial charge in [0.25, 0.3) is 0 Å². The van der Waals surface area contributed by atoms with Gasteiger partial charge in [-0.2, -0.15) is 12.6 Å². The number of aliphatic hydroxyl groups is 1. The van der Waals surface area contributed by atoms with Gasteiger partial charge >= 0.3 is 0 Å². The molecular weight excluding hydrogens is 110 g/mol. The van der Waals surface area contributed by atoms with Crippen molar-refractivity contribution in [1.29, 1.82) is 0 Å². The predicted octanol–water partition coefficient (Wildman–Crippen LogP) is 0.327. The average Bonchev–Trinajstić information content (AvgIpc) is 1.68. The lowest BCUT2D eigenvalue weighted by atomic mass is 10.5. The zero-order valence-electron chi connectivity index (χ0n) is 4.26. The summed E-state index contributed by atoms with van der Waals surface area (Å²) >= 11 is 3.82. The van der Waals surface area contributed by atoms with Crippen molar-refractivity contribution >= 4 is 18.3 Å². The van der Waals surface area contributed by atoms with Gasteiger partial charge in [0.05, 0.1) is 12.5 Å². The lowest BCUT2D eigenvalue weighted by Gasteiger charge is -1.87. The molecule has 0 unspecified atom stereocenters. The molecule has 42 valence electrons. The van der Waals surface area contributed by atoms with Crippen molar-refractivity contribution < 1.29 is 5.11 Å². The second-order valence-electron chi connectivity index (χ2n) is 1.19. The molecule has 0 aliphatic rings. The van der Waals surface area contributed by atoms with E-state index in [0.717, 1.165) is 5.71 Å². The van der Waals surface area contributed by atoms with Gasteiger partial charge < -0.3 is 5.11 Å². The van der Waals surface area contributed by atoms with Crippen molar-refractivity contribution in [3.63, 3.8) is 0 Å². The molecule has 7 heavy (non-hydrogen) atoms. The molecule has 0 saturated heterocycles. The van der Waals surface area contributed by atoms with Crippen LogP contribution in [0.1, 0.15) is 6.92 Å². The number of aliphatic imine (C=N–C) groups is 1. The standard InChI is InChI=1S/C4H9NOS/c1-4(2-6)5-3-7/h6-7H,2-3H2,1H3. The van der Waals surface area contributed by atoms with Crippen LogP contribution in [0.4, 0.5) is 0 Å². The van der Waals surface area contributed by atoms with Gasteiger partial charge in [-0.3, -0.25) is 4.99 Å². The highest BCUT2D eigenvalue weighted by Crippen LogP contribution is 1.77. The first-order valence-corrected chi connectivity index (χ1v) is 2.66. The molecule has 1 N–H and O–H groups in total. The van der Waals surface area contributed by atoms with Gasteiger partial charge in [-0.25, -0.2) is 0 Å². The monoisotopic (exact) mass is 119 g/mol. The van der Waals surface area contributed by atoms with Crippen LogP contribution in [0, 0.1) is 0 Å². The van der Waals surface area contributed by atoms with Crippen molar-refractivity contribution in [2.45, 2.75) is 6.92 Å². The van der Waals surface area contributed by atoms with E-state index in [9.17, 15) is 0 Å². The number of hydrogen-bond acceptors (Lipinski definition) is 3. The van der Waals surface area contributed by atoms with Gasteiger partial charge in [-0.15, -0.1) is 0 Å². The molecule has 0 rings (SSSR count). The first-order valence-electron chi connectivity index (χ1n) is 2.03. The molecule has 0 bridgehead atoms. The molecule has 0 spiro atoms. The van der Waals surface area contributed by atoms with E-state index in [2.05, 4.69) is 17.6 Å². The normalized spacial score (nSPS) is 12.1. The second kappa shape index (κ2) is 4.15. The molecule has 0 aromatic carbocycles. The van der Waals surface area contributed by atoms with Crippen molar-refractivity contribution in [1.82, 2.24) is 0 Å². The topological polar surface area (TPSA) is 32.6 Å². The maximum atomic E-state index is 8.30. The van der Waals surface area contributed by atoms with Crippen LogP contribution in [0.25, 0.3) is 0 Å². The zero-order valence-corrected chi connectivity index (χ0v) is 5.15. The molecule has 0 aliphatic heterocycles. The molecule has 0 aromatic rings. The number of thiol groups is 1. The molecule has 0 radical (unpaired) electrons. The van der Waals surface area contributed by atoms with Crippen LogP contribution in [0.3, 0.4) is 0 Å². The Morgan fingerprint density at radius 1 is 1.86 bits per heavy atom. The lowest BCUT2D eigenvalue weighted by molar-refractivity contribution is 0.356. The summed E-state index contributed by atoms with van der Waals surface area (Å²) in [6, 6.07) is 0. The molecule has 3 heteroatoms. The minimum Gasteiger partial charge on any atom is -0.390 e. The number of nitrogens with zero attached hydrogens (tertiary/aromatic N) is 1. The SMILES string of the molecule is CC(CO)=NCS. The first kappa shape index (κ1) is 6.98. The Balaban J connectivity index is 3.29. The van der Waals surface area contributed by atoms with Crippen LogP contribution < -0.4 is 0 Å². The Morgan fingerprint density at radius 3 is 2.57 bits per heavy atom. The van der Waals surface area contributed by atoms with Gasteiger partial charge in [0.15, 0.2) is 0 Å². The Bertz CT molecular complexity index is 72.1. The summed E-state index contributed by atoms with van der Waals surface area (Å²) in [4.78, 5) is 3.77. The average molecular weight is 119 g/mol. The molecule has 0 aliphatic carbocycles. The summed E-state index contributed by atoms with van der Waals surface area (Å²) in [5, 5.41) is 8.30. The smallest absolute Gasteiger partial charge is 0.0815 e. The zero-order chi connectivity index (χ0) is 5.70. The molecule has 0 atom stereocenters. The summed E-state index contributed by atoms with van der Waals surface area (Å²) in [6.45, 7) is 1.80. The molecule has 0 fully saturated rings. The van der Waals surface area contributed by atoms with E-state index in [4.69, 9.17) is 5.11 Å². The number of hydrogen-bond donors (Lipinski definition) is 2. The molecule has 0 amide bonds. The third-order valence-corrected chi connectivity index (χ3v) is 0.711. The molecule has 2 nitrogen and oxygen atoms in total. The van der Waals surface area contributed by atoms with Crippen LogP contribution in [-0.2, 0) is 0 Å². The summed E-state index contributed by atoms with van der Waals surface area (Å²) in [5.74, 6) is 0.465. The van der Waals surface area contributed by atoms with Crippen molar-refractivity contribution in [3.05, 3.63) is 0 Å². The second-order valence-corrected chi connectivity index (χ2v) is 1.48. The fourth-order valence-electron chi connectivity index (χ4n) is 0.171. The van der Waals surface area contributed by atoms with Gasteiger partial charge in [-0.1, -0.05) is 0 Å². The minimum absolute atomic E-state index is 0.0422. The molecule has 0 saturated carbocycles. The summed E-state index contributed by atoms with van der Waals surface area (Å²) < 4.78 is 0. The Labute approximate surface area is 48.7 Å². The van der Waals surface area contributed by atoms with Gasteiger partial charge in [0, 0.05) is 5.71 Å². The van der Waals surface area contributed by atoms with E-state index in [1.54, 1.807) is 6.92 Å². The minimum atomic E-state index is 0.0422. The van der Waals surface area contributed by atoms with Crippen LogP contribution in [0.2, 0.25) is 0 Å². The Kier molecular flexibility index (Phi) is 4.14. The third-order valence-electron chi connectivity index (χ3n) is 0.569. The van der Waals surface area contributed by atoms with Gasteiger partial charge in [-0.05, 0) is 6.92 Å². The van der Waals surface area contributed by atoms with Crippen LogP contribution in [0.15, 0.2) is 4.99 Å². The Hall–Kier alpha value is -0.0200. The highest BCUT2D eigenvalue weighted by Gasteiger charge is 1.79. The van der Waals surface area contributed by atoms with E-state index >= 15 is 0 Å². The molecule has 0 heterocycles. The van der Waals surface area contributed by atoms with E-state index in [0.29, 0.717) is 5.88 Å². The van der Waals surface area contributed by atoms with E-state index in [-0.39, 0.29) is 6.61 Å². The maximum absolute atomic E-state index is 8.30. The largest absolute Gasteiger partial charge is 0.390 e. The van der Waals surface area contributed by atoms with Crippen molar-refractivity contribution in [3.8, 4) is 0 Å². The summed E-state index contributed by atoms with van der Waals surface area (Å²) in [5.41, 5.74) is 0.731. The molecular formula is C4H9NOS. The lowest BCUT2D eigenvalue weighted by Crippen LogP contribution is -1.96.